The van der Waals surface area contributed by atoms with Gasteiger partial charge in [0.1, 0.15) is 11.3 Å². The molecule has 0 radical (unpaired) electrons. The van der Waals surface area contributed by atoms with Gasteiger partial charge in [0.05, 0.1) is 12.7 Å². The molecule has 1 aromatic rings. The van der Waals surface area contributed by atoms with E-state index in [0.29, 0.717) is 12.8 Å². The van der Waals surface area contributed by atoms with E-state index in [1.807, 2.05) is 12.1 Å². The Kier molecular flexibility index (Phi) is 3.83. The van der Waals surface area contributed by atoms with Gasteiger partial charge in [-0.2, -0.15) is 0 Å². The molecule has 1 aromatic carbocycles. The summed E-state index contributed by atoms with van der Waals surface area (Å²) in [6.45, 7) is 0.859. The third kappa shape index (κ3) is 2.34. The highest BCUT2D eigenvalue weighted by Crippen LogP contribution is 2.59. The Morgan fingerprint density at radius 3 is 2.93 bits per heavy atom. The molecule has 1 unspecified atom stereocenters. The van der Waals surface area contributed by atoms with Gasteiger partial charge < -0.3 is 20.5 Å². The van der Waals surface area contributed by atoms with Gasteiger partial charge in [0.15, 0.2) is 0 Å². The number of piperidine rings is 1. The first-order valence-electron chi connectivity index (χ1n) is 10.0. The first-order valence-corrected chi connectivity index (χ1v) is 10.0. The van der Waals surface area contributed by atoms with Crippen molar-refractivity contribution in [3.8, 4) is 5.75 Å². The highest BCUT2D eigenvalue weighted by atomic mass is 16.5. The number of benzene rings is 1. The molecule has 1 saturated heterocycles. The lowest BCUT2D eigenvalue weighted by Crippen LogP contribution is -2.73. The molecule has 7 heteroatoms. The number of allylic oxidation sites excluding steroid dienone is 1. The number of hydrogen-bond acceptors (Lipinski definition) is 5. The van der Waals surface area contributed by atoms with Crippen LogP contribution >= 0.6 is 0 Å². The van der Waals surface area contributed by atoms with Gasteiger partial charge in [0, 0.05) is 23.1 Å². The van der Waals surface area contributed by atoms with Crippen LogP contribution in [0.15, 0.2) is 34.8 Å². The third-order valence-corrected chi connectivity index (χ3v) is 7.60. The van der Waals surface area contributed by atoms with Crippen LogP contribution < -0.4 is 10.5 Å². The van der Waals surface area contributed by atoms with Crippen molar-refractivity contribution in [3.63, 3.8) is 0 Å². The molecule has 1 saturated carbocycles. The van der Waals surface area contributed by atoms with E-state index in [4.69, 9.17) is 10.5 Å². The molecule has 4 aliphatic rings. The van der Waals surface area contributed by atoms with Crippen LogP contribution in [0.5, 0.6) is 5.75 Å². The van der Waals surface area contributed by atoms with Crippen LogP contribution in [-0.2, 0) is 21.4 Å². The molecule has 7 nitrogen and oxygen atoms in total. The molecule has 2 bridgehead atoms. The summed E-state index contributed by atoms with van der Waals surface area (Å²) in [6, 6.07) is 6.05. The van der Waals surface area contributed by atoms with Gasteiger partial charge in [-0.05, 0) is 62.5 Å². The molecule has 3 N–H and O–H groups in total. The number of hydrogen-bond donors (Lipinski definition) is 2. The van der Waals surface area contributed by atoms with Gasteiger partial charge in [0.25, 0.3) is 11.8 Å². The molecule has 2 fully saturated rings. The van der Waals surface area contributed by atoms with Crippen LogP contribution in [0.4, 0.5) is 0 Å². The first kappa shape index (κ1) is 18.5. The van der Waals surface area contributed by atoms with Crippen LogP contribution in [0.25, 0.3) is 0 Å². The highest BCUT2D eigenvalue weighted by molar-refractivity contribution is 6.23. The number of likely N-dealkylation sites (N-methyl/N-ethyl adjacent to an activating group) is 1. The lowest BCUT2D eigenvalue weighted by atomic mass is 9.47. The minimum absolute atomic E-state index is 0.0400. The molecule has 5 rings (SSSR count). The maximum Gasteiger partial charge on any atom is 0.282 e. The summed E-state index contributed by atoms with van der Waals surface area (Å²) in [5.41, 5.74) is 6.82. The third-order valence-electron chi connectivity index (χ3n) is 7.60. The van der Waals surface area contributed by atoms with Gasteiger partial charge in [-0.25, -0.2) is 4.99 Å². The van der Waals surface area contributed by atoms with Crippen molar-refractivity contribution in [1.29, 1.82) is 0 Å². The van der Waals surface area contributed by atoms with Gasteiger partial charge >= 0.3 is 0 Å². The number of rotatable bonds is 2. The number of carbonyl (C=O) groups excluding carboxylic acids is 2. The zero-order chi connectivity index (χ0) is 20.6. The second kappa shape index (κ2) is 6.00. The first-order chi connectivity index (χ1) is 13.8. The maximum atomic E-state index is 12.4. The second-order valence-electron chi connectivity index (χ2n) is 8.82. The molecule has 2 amide bonds. The predicted octanol–water partition coefficient (Wildman–Crippen LogP) is 0.727. The summed E-state index contributed by atoms with van der Waals surface area (Å²) < 4.78 is 5.48. The number of aliphatic imine (C=N–C) groups is 1. The van der Waals surface area contributed by atoms with Crippen LogP contribution in [0.1, 0.15) is 30.4 Å². The van der Waals surface area contributed by atoms with E-state index >= 15 is 0 Å². The number of dihydropyridines is 1. The molecule has 0 spiro atoms. The summed E-state index contributed by atoms with van der Waals surface area (Å²) in [7, 11) is 3.70. The molecule has 29 heavy (non-hydrogen) atoms. The Balaban J connectivity index is 1.69. The van der Waals surface area contributed by atoms with Crippen molar-refractivity contribution >= 4 is 17.5 Å². The van der Waals surface area contributed by atoms with Crippen molar-refractivity contribution in [2.24, 2.45) is 16.6 Å². The fourth-order valence-corrected chi connectivity index (χ4v) is 6.12. The average Bonchev–Trinajstić information content (AvgIpc) is 2.68. The van der Waals surface area contributed by atoms with Crippen molar-refractivity contribution in [2.45, 2.75) is 42.7 Å². The number of nitrogens with two attached hydrogens (primary N) is 1. The number of nitrogens with zero attached hydrogens (tertiary/aromatic N) is 2. The fraction of sp³-hybridized carbons (Fsp3) is 0.500. The molecule has 2 aliphatic heterocycles. The average molecular weight is 395 g/mol. The van der Waals surface area contributed by atoms with Crippen molar-refractivity contribution in [2.75, 3.05) is 20.7 Å². The summed E-state index contributed by atoms with van der Waals surface area (Å²) in [5.74, 6) is -0.829. The van der Waals surface area contributed by atoms with E-state index in [1.165, 1.54) is 5.56 Å². The SMILES string of the molecule is COc1ccc2c(c1)[C@]13CCN(C)[C@H](C2)[C@]1(O)CC1C=C(C(N)=O)C(=O)N=C1C3. The zero-order valence-corrected chi connectivity index (χ0v) is 16.6. The topological polar surface area (TPSA) is 105 Å². The molecule has 2 aliphatic carbocycles. The van der Waals surface area contributed by atoms with Crippen LogP contribution in [0.3, 0.4) is 0 Å². The summed E-state index contributed by atoms with van der Waals surface area (Å²) in [6.07, 6.45) is 4.05. The van der Waals surface area contributed by atoms with E-state index in [2.05, 4.69) is 23.0 Å². The standard InChI is InChI=1S/C22H25N3O4/c1-25-6-5-21-11-17-13(7-15(19(23)26)20(27)24-17)10-22(21,28)18(25)8-12-3-4-14(29-2)9-16(12)21/h3-4,7,9,13,18,28H,5-6,8,10-11H2,1-2H3,(H2,23,26)/t13?,18-,21-,22-/m1/s1. The summed E-state index contributed by atoms with van der Waals surface area (Å²) >= 11 is 0. The minimum Gasteiger partial charge on any atom is -0.497 e. The van der Waals surface area contributed by atoms with Crippen molar-refractivity contribution in [1.82, 2.24) is 4.90 Å². The van der Waals surface area contributed by atoms with E-state index < -0.39 is 22.8 Å². The summed E-state index contributed by atoms with van der Waals surface area (Å²) in [4.78, 5) is 30.5. The van der Waals surface area contributed by atoms with Gasteiger partial charge in [-0.1, -0.05) is 12.1 Å². The highest BCUT2D eigenvalue weighted by Gasteiger charge is 2.65. The normalized spacial score (nSPS) is 35.6. The Morgan fingerprint density at radius 2 is 2.21 bits per heavy atom. The van der Waals surface area contributed by atoms with E-state index in [-0.39, 0.29) is 17.5 Å². The fourth-order valence-electron chi connectivity index (χ4n) is 6.12. The number of amides is 2. The molecule has 152 valence electrons. The quantitative estimate of drug-likeness (QED) is 0.718. The predicted molar refractivity (Wildman–Crippen MR) is 107 cm³/mol. The Labute approximate surface area is 169 Å². The van der Waals surface area contributed by atoms with Gasteiger partial charge in [-0.3, -0.25) is 9.59 Å². The smallest absolute Gasteiger partial charge is 0.282 e. The number of ether oxygens (including phenoxy) is 1. The van der Waals surface area contributed by atoms with Gasteiger partial charge in [-0.15, -0.1) is 0 Å². The molecular weight excluding hydrogens is 370 g/mol. The van der Waals surface area contributed by atoms with E-state index in [9.17, 15) is 14.7 Å². The zero-order valence-electron chi connectivity index (χ0n) is 16.6. The van der Waals surface area contributed by atoms with Gasteiger partial charge in [0.2, 0.25) is 0 Å². The van der Waals surface area contributed by atoms with Crippen LogP contribution in [-0.4, -0.2) is 59.9 Å². The number of carbonyl (C=O) groups is 2. The number of likely N-dealkylation sites (tertiary alicyclic amines) is 1. The lowest BCUT2D eigenvalue weighted by Gasteiger charge is -2.64. The summed E-state index contributed by atoms with van der Waals surface area (Å²) in [5, 5.41) is 12.2. The maximum absolute atomic E-state index is 12.4. The van der Waals surface area contributed by atoms with Crippen LogP contribution in [0.2, 0.25) is 0 Å². The lowest BCUT2D eigenvalue weighted by molar-refractivity contribution is -0.152. The second-order valence-corrected chi connectivity index (χ2v) is 8.82. The van der Waals surface area contributed by atoms with Crippen LogP contribution in [0, 0.1) is 5.92 Å². The molecule has 0 aromatic heterocycles. The Morgan fingerprint density at radius 1 is 1.41 bits per heavy atom. The minimum atomic E-state index is -0.997. The number of fused-ring (bicyclic) bond motifs is 2. The monoisotopic (exact) mass is 395 g/mol. The Bertz CT molecular complexity index is 1000. The largest absolute Gasteiger partial charge is 0.497 e. The molecule has 4 atom stereocenters. The van der Waals surface area contributed by atoms with Crippen molar-refractivity contribution < 1.29 is 19.4 Å². The Hall–Kier alpha value is -2.51. The number of primary amides is 1. The number of methoxy groups -OCH3 is 1. The number of aliphatic hydroxyl groups is 1. The van der Waals surface area contributed by atoms with E-state index in [0.717, 1.165) is 36.4 Å². The van der Waals surface area contributed by atoms with Crippen molar-refractivity contribution in [3.05, 3.63) is 41.0 Å². The molecular formula is C22H25N3O4. The van der Waals surface area contributed by atoms with E-state index in [1.54, 1.807) is 13.2 Å². The molecule has 2 heterocycles.